The molecule has 2 aliphatic heterocycles. The Bertz CT molecular complexity index is 1020. The third kappa shape index (κ3) is 8.33. The van der Waals surface area contributed by atoms with Crippen molar-refractivity contribution in [2.75, 3.05) is 6.54 Å². The summed E-state index contributed by atoms with van der Waals surface area (Å²) in [4.78, 5) is 52.9. The minimum atomic E-state index is -0.925. The third-order valence-corrected chi connectivity index (χ3v) is 6.63. The van der Waals surface area contributed by atoms with E-state index in [-0.39, 0.29) is 31.3 Å². The number of rotatable bonds is 2. The normalized spacial score (nSPS) is 24.7. The van der Waals surface area contributed by atoms with Crippen LogP contribution in [0.15, 0.2) is 36.4 Å². The number of alkyl carbamates (subject to hydrolysis) is 1. The Balaban J connectivity index is 1.88. The number of ether oxygens (including phenoxy) is 1. The molecule has 2 heterocycles. The first kappa shape index (κ1) is 28.2. The maximum Gasteiger partial charge on any atom is 0.408 e. The van der Waals surface area contributed by atoms with E-state index >= 15 is 0 Å². The summed E-state index contributed by atoms with van der Waals surface area (Å²) in [6, 6.07) is 6.10. The summed E-state index contributed by atoms with van der Waals surface area (Å²) in [7, 11) is 0. The number of nitrogens with zero attached hydrogens (tertiary/aromatic N) is 1. The predicted molar refractivity (Wildman–Crippen MR) is 139 cm³/mol. The van der Waals surface area contributed by atoms with E-state index in [0.717, 1.165) is 30.4 Å². The van der Waals surface area contributed by atoms with Crippen LogP contribution in [0.4, 0.5) is 4.79 Å². The van der Waals surface area contributed by atoms with E-state index in [1.807, 2.05) is 30.3 Å². The highest BCUT2D eigenvalue weighted by Gasteiger charge is 2.38. The van der Waals surface area contributed by atoms with Gasteiger partial charge >= 0.3 is 12.1 Å². The molecule has 0 fully saturated rings. The second-order valence-electron chi connectivity index (χ2n) is 10.7. The number of aliphatic carboxylic acids is 1. The molecule has 9 nitrogen and oxygen atoms in total. The zero-order valence-corrected chi connectivity index (χ0v) is 22.0. The van der Waals surface area contributed by atoms with Crippen LogP contribution >= 0.6 is 0 Å². The van der Waals surface area contributed by atoms with Crippen LogP contribution < -0.4 is 10.6 Å². The number of carboxylic acid groups (broad SMARTS) is 1. The number of allylic oxidation sites excluding steroid dienone is 1. The van der Waals surface area contributed by atoms with E-state index in [1.165, 1.54) is 0 Å². The Kier molecular flexibility index (Phi) is 9.72. The topological polar surface area (TPSA) is 125 Å². The van der Waals surface area contributed by atoms with E-state index in [0.29, 0.717) is 19.3 Å². The highest BCUT2D eigenvalue weighted by Crippen LogP contribution is 2.25. The van der Waals surface area contributed by atoms with Gasteiger partial charge in [0.2, 0.25) is 11.8 Å². The lowest BCUT2D eigenvalue weighted by Crippen LogP contribution is -2.58. The summed E-state index contributed by atoms with van der Waals surface area (Å²) in [5.74, 6) is -2.26. The van der Waals surface area contributed by atoms with Crippen molar-refractivity contribution in [3.63, 3.8) is 0 Å². The molecule has 2 aliphatic rings. The smallest absolute Gasteiger partial charge is 0.408 e. The molecule has 0 aliphatic carbocycles. The Morgan fingerprint density at radius 2 is 1.81 bits per heavy atom. The third-order valence-electron chi connectivity index (χ3n) is 6.63. The molecule has 9 heteroatoms. The lowest BCUT2D eigenvalue weighted by molar-refractivity contribution is -0.143. The van der Waals surface area contributed by atoms with Gasteiger partial charge < -0.3 is 25.4 Å². The minimum absolute atomic E-state index is 0.180. The number of benzene rings is 1. The highest BCUT2D eigenvalue weighted by molar-refractivity contribution is 5.92. The van der Waals surface area contributed by atoms with Gasteiger partial charge in [0.25, 0.3) is 0 Å². The SMILES string of the molecule is CC(C)(C)OC(=O)N[C@H]1CCCCC/C=C\[C@@H](C(=O)O)CCNC(=O)C2Cc3ccccc3CN2C1=O. The van der Waals surface area contributed by atoms with Crippen molar-refractivity contribution in [3.05, 3.63) is 47.5 Å². The van der Waals surface area contributed by atoms with E-state index < -0.39 is 35.7 Å². The van der Waals surface area contributed by atoms with Gasteiger partial charge in [-0.25, -0.2) is 4.79 Å². The van der Waals surface area contributed by atoms with E-state index in [4.69, 9.17) is 4.74 Å². The van der Waals surface area contributed by atoms with Gasteiger partial charge in [0.15, 0.2) is 0 Å². The molecule has 0 spiro atoms. The number of amides is 3. The summed E-state index contributed by atoms with van der Waals surface area (Å²) in [6.07, 6.45) is 6.97. The fourth-order valence-corrected chi connectivity index (χ4v) is 4.71. The zero-order chi connectivity index (χ0) is 27.0. The molecular weight excluding hydrogens is 474 g/mol. The van der Waals surface area contributed by atoms with Crippen molar-refractivity contribution in [3.8, 4) is 0 Å². The maximum absolute atomic E-state index is 13.9. The summed E-state index contributed by atoms with van der Waals surface area (Å²) in [5.41, 5.74) is 1.24. The first-order valence-corrected chi connectivity index (χ1v) is 13.1. The number of carboxylic acids is 1. The van der Waals surface area contributed by atoms with Gasteiger partial charge in [-0.2, -0.15) is 0 Å². The van der Waals surface area contributed by atoms with Crippen LogP contribution in [-0.2, 0) is 32.1 Å². The second-order valence-corrected chi connectivity index (χ2v) is 10.7. The molecule has 0 radical (unpaired) electrons. The zero-order valence-electron chi connectivity index (χ0n) is 22.0. The molecule has 1 aromatic rings. The first-order valence-electron chi connectivity index (χ1n) is 13.1. The number of nitrogens with one attached hydrogen (secondary N) is 2. The molecular formula is C28H39N3O6. The lowest BCUT2D eigenvalue weighted by Gasteiger charge is -2.38. The van der Waals surface area contributed by atoms with Crippen LogP contribution in [-0.4, -0.2) is 58.1 Å². The van der Waals surface area contributed by atoms with Crippen molar-refractivity contribution in [1.82, 2.24) is 15.5 Å². The number of fused-ring (bicyclic) bond motifs is 2. The molecule has 0 bridgehead atoms. The standard InChI is InChI=1S/C28H39N3O6/c1-28(2,3)37-27(36)30-22-14-8-6-4-5-7-11-19(26(34)35)15-16-29-24(32)23-17-20-12-9-10-13-21(20)18-31(23)25(22)33/h7,9-13,19,22-23H,4-6,8,14-18H2,1-3H3,(H,29,32)(H,30,36)(H,34,35)/b11-7-/t19-,22+,23?/m1/s1. The van der Waals surface area contributed by atoms with Crippen LogP contribution in [0.3, 0.4) is 0 Å². The van der Waals surface area contributed by atoms with E-state index in [1.54, 1.807) is 31.7 Å². The van der Waals surface area contributed by atoms with Gasteiger partial charge in [0.05, 0.1) is 5.92 Å². The number of carbonyl (C=O) groups is 4. The van der Waals surface area contributed by atoms with Crippen molar-refractivity contribution in [2.45, 2.75) is 89.9 Å². The number of hydrogen-bond acceptors (Lipinski definition) is 5. The summed E-state index contributed by atoms with van der Waals surface area (Å²) in [6.45, 7) is 5.72. The molecule has 3 N–H and O–H groups in total. The predicted octanol–water partition coefficient (Wildman–Crippen LogP) is 3.56. The average molecular weight is 514 g/mol. The molecule has 202 valence electrons. The average Bonchev–Trinajstić information content (AvgIpc) is 2.83. The van der Waals surface area contributed by atoms with Crippen molar-refractivity contribution < 1.29 is 29.0 Å². The quantitative estimate of drug-likeness (QED) is 0.520. The molecule has 1 aromatic carbocycles. The van der Waals surface area contributed by atoms with E-state index in [2.05, 4.69) is 10.6 Å². The summed E-state index contributed by atoms with van der Waals surface area (Å²) in [5, 5.41) is 15.1. The maximum atomic E-state index is 13.9. The molecule has 3 rings (SSSR count). The fourth-order valence-electron chi connectivity index (χ4n) is 4.71. The molecule has 0 saturated carbocycles. The molecule has 37 heavy (non-hydrogen) atoms. The Labute approximate surface area is 218 Å². The molecule has 0 aromatic heterocycles. The second kappa shape index (κ2) is 12.7. The Morgan fingerprint density at radius 1 is 1.08 bits per heavy atom. The number of hydrogen-bond donors (Lipinski definition) is 3. The lowest BCUT2D eigenvalue weighted by atomic mass is 9.92. The molecule has 3 amide bonds. The largest absolute Gasteiger partial charge is 0.481 e. The van der Waals surface area contributed by atoms with Crippen molar-refractivity contribution in [1.29, 1.82) is 0 Å². The molecule has 3 atom stereocenters. The number of carbonyl (C=O) groups excluding carboxylic acids is 3. The fraction of sp³-hybridized carbons (Fsp3) is 0.571. The van der Waals surface area contributed by atoms with Gasteiger partial charge in [-0.05, 0) is 57.6 Å². The van der Waals surface area contributed by atoms with Crippen LogP contribution in [0.2, 0.25) is 0 Å². The highest BCUT2D eigenvalue weighted by atomic mass is 16.6. The van der Waals surface area contributed by atoms with Crippen LogP contribution in [0.1, 0.15) is 70.4 Å². The minimum Gasteiger partial charge on any atom is -0.481 e. The van der Waals surface area contributed by atoms with Gasteiger partial charge in [-0.3, -0.25) is 14.4 Å². The van der Waals surface area contributed by atoms with Gasteiger partial charge in [0, 0.05) is 19.5 Å². The Morgan fingerprint density at radius 3 is 2.51 bits per heavy atom. The molecule has 1 unspecified atom stereocenters. The molecule has 0 saturated heterocycles. The van der Waals surface area contributed by atoms with Crippen LogP contribution in [0, 0.1) is 5.92 Å². The van der Waals surface area contributed by atoms with Gasteiger partial charge in [0.1, 0.15) is 17.7 Å². The van der Waals surface area contributed by atoms with Crippen LogP contribution in [0.25, 0.3) is 0 Å². The van der Waals surface area contributed by atoms with Crippen molar-refractivity contribution in [2.24, 2.45) is 5.92 Å². The van der Waals surface area contributed by atoms with Gasteiger partial charge in [-0.15, -0.1) is 0 Å². The Hall–Kier alpha value is -3.36. The first-order chi connectivity index (χ1) is 17.5. The monoisotopic (exact) mass is 513 g/mol. The summed E-state index contributed by atoms with van der Waals surface area (Å²) >= 11 is 0. The van der Waals surface area contributed by atoms with E-state index in [9.17, 15) is 24.3 Å². The van der Waals surface area contributed by atoms with Gasteiger partial charge in [-0.1, -0.05) is 49.3 Å². The van der Waals surface area contributed by atoms with Crippen molar-refractivity contribution >= 4 is 23.9 Å². The summed E-state index contributed by atoms with van der Waals surface area (Å²) < 4.78 is 5.41. The van der Waals surface area contributed by atoms with Crippen LogP contribution in [0.5, 0.6) is 0 Å².